The standard InChI is InChI=1S/C17H28N6O2/c1-22-9-8-19-16(22)14-11-18-7-10-23(14)12-15(24)21-17(25)20-13-5-3-2-4-6-13/h8-9,13-14,18H,2-7,10-12H2,1H3,(H2,20,21,24,25). The smallest absolute Gasteiger partial charge is 0.321 e. The topological polar surface area (TPSA) is 91.3 Å². The predicted octanol–water partition coefficient (Wildman–Crippen LogP) is 0.525. The Morgan fingerprint density at radius 2 is 2.12 bits per heavy atom. The van der Waals surface area contributed by atoms with E-state index in [1.54, 1.807) is 6.20 Å². The van der Waals surface area contributed by atoms with Crippen LogP contribution in [0.3, 0.4) is 0 Å². The summed E-state index contributed by atoms with van der Waals surface area (Å²) in [5.74, 6) is 0.654. The van der Waals surface area contributed by atoms with Crippen LogP contribution in [-0.2, 0) is 11.8 Å². The number of imidazole rings is 1. The molecule has 1 aliphatic heterocycles. The molecule has 3 amide bonds. The van der Waals surface area contributed by atoms with Crippen molar-refractivity contribution in [2.75, 3.05) is 26.2 Å². The van der Waals surface area contributed by atoms with Gasteiger partial charge < -0.3 is 15.2 Å². The minimum absolute atomic E-state index is 0.0286. The molecule has 0 radical (unpaired) electrons. The Morgan fingerprint density at radius 1 is 1.32 bits per heavy atom. The zero-order valence-corrected chi connectivity index (χ0v) is 14.8. The Labute approximate surface area is 148 Å². The van der Waals surface area contributed by atoms with E-state index >= 15 is 0 Å². The number of piperazine rings is 1. The van der Waals surface area contributed by atoms with Gasteiger partial charge in [0.1, 0.15) is 5.82 Å². The SMILES string of the molecule is Cn1ccnc1C1CNCCN1CC(=O)NC(=O)NC1CCCCC1. The molecule has 0 aromatic carbocycles. The minimum Gasteiger partial charge on any atom is -0.337 e. The zero-order chi connectivity index (χ0) is 17.6. The summed E-state index contributed by atoms with van der Waals surface area (Å²) in [5.41, 5.74) is 0. The molecule has 2 heterocycles. The number of aryl methyl sites for hydroxylation is 1. The van der Waals surface area contributed by atoms with Crippen molar-refractivity contribution in [1.29, 1.82) is 0 Å². The lowest BCUT2D eigenvalue weighted by Crippen LogP contribution is -2.52. The molecule has 1 unspecified atom stereocenters. The predicted molar refractivity (Wildman–Crippen MR) is 93.9 cm³/mol. The fraction of sp³-hybridized carbons (Fsp3) is 0.706. The highest BCUT2D eigenvalue weighted by Crippen LogP contribution is 2.20. The molecule has 3 rings (SSSR count). The van der Waals surface area contributed by atoms with Gasteiger partial charge in [-0.25, -0.2) is 9.78 Å². The van der Waals surface area contributed by atoms with E-state index in [0.717, 1.165) is 51.1 Å². The van der Waals surface area contributed by atoms with Gasteiger partial charge in [0.25, 0.3) is 0 Å². The van der Waals surface area contributed by atoms with Crippen LogP contribution in [0.1, 0.15) is 44.0 Å². The molecule has 3 N–H and O–H groups in total. The summed E-state index contributed by atoms with van der Waals surface area (Å²) in [5, 5.41) is 8.74. The Balaban J connectivity index is 1.51. The monoisotopic (exact) mass is 348 g/mol. The number of amides is 3. The molecule has 1 saturated heterocycles. The summed E-state index contributed by atoms with van der Waals surface area (Å²) >= 11 is 0. The number of nitrogens with zero attached hydrogens (tertiary/aromatic N) is 3. The molecule has 1 aromatic heterocycles. The van der Waals surface area contributed by atoms with Gasteiger partial charge in [-0.15, -0.1) is 0 Å². The van der Waals surface area contributed by atoms with Gasteiger partial charge in [-0.2, -0.15) is 0 Å². The van der Waals surface area contributed by atoms with Gasteiger partial charge in [0.2, 0.25) is 5.91 Å². The van der Waals surface area contributed by atoms with Crippen molar-refractivity contribution in [1.82, 2.24) is 30.4 Å². The molecule has 1 aliphatic carbocycles. The van der Waals surface area contributed by atoms with Crippen molar-refractivity contribution >= 4 is 11.9 Å². The van der Waals surface area contributed by atoms with Gasteiger partial charge in [0.15, 0.2) is 0 Å². The van der Waals surface area contributed by atoms with Gasteiger partial charge in [0.05, 0.1) is 12.6 Å². The summed E-state index contributed by atoms with van der Waals surface area (Å²) in [7, 11) is 1.95. The molecule has 138 valence electrons. The first-order valence-electron chi connectivity index (χ1n) is 9.16. The van der Waals surface area contributed by atoms with Crippen LogP contribution < -0.4 is 16.0 Å². The normalized spacial score (nSPS) is 22.5. The van der Waals surface area contributed by atoms with Crippen molar-refractivity contribution in [2.45, 2.75) is 44.2 Å². The highest BCUT2D eigenvalue weighted by molar-refractivity contribution is 5.95. The van der Waals surface area contributed by atoms with Crippen molar-refractivity contribution in [2.24, 2.45) is 7.05 Å². The van der Waals surface area contributed by atoms with Crippen molar-refractivity contribution in [3.8, 4) is 0 Å². The Morgan fingerprint density at radius 3 is 2.84 bits per heavy atom. The van der Waals surface area contributed by atoms with E-state index in [1.165, 1.54) is 6.42 Å². The quantitative estimate of drug-likeness (QED) is 0.738. The number of rotatable bonds is 4. The molecular weight excluding hydrogens is 320 g/mol. The molecule has 8 heteroatoms. The molecule has 1 atom stereocenters. The van der Waals surface area contributed by atoms with Gasteiger partial charge in [-0.3, -0.25) is 15.0 Å². The highest BCUT2D eigenvalue weighted by atomic mass is 16.2. The molecule has 1 saturated carbocycles. The average molecular weight is 348 g/mol. The summed E-state index contributed by atoms with van der Waals surface area (Å²) < 4.78 is 1.97. The van der Waals surface area contributed by atoms with E-state index in [-0.39, 0.29) is 30.6 Å². The molecule has 1 aromatic rings. The lowest BCUT2D eigenvalue weighted by atomic mass is 9.96. The van der Waals surface area contributed by atoms with E-state index in [9.17, 15) is 9.59 Å². The maximum Gasteiger partial charge on any atom is 0.321 e. The zero-order valence-electron chi connectivity index (χ0n) is 14.8. The number of urea groups is 1. The van der Waals surface area contributed by atoms with Crippen LogP contribution in [0.5, 0.6) is 0 Å². The summed E-state index contributed by atoms with van der Waals surface area (Å²) in [4.78, 5) is 30.8. The Hall–Kier alpha value is -1.93. The number of nitrogens with one attached hydrogen (secondary N) is 3. The van der Waals surface area contributed by atoms with Gasteiger partial charge in [0, 0.05) is 45.1 Å². The summed E-state index contributed by atoms with van der Waals surface area (Å²) in [6.07, 6.45) is 9.19. The molecule has 8 nitrogen and oxygen atoms in total. The van der Waals surface area contributed by atoms with Crippen LogP contribution in [0, 0.1) is 0 Å². The number of imide groups is 1. The molecule has 0 bridgehead atoms. The van der Waals surface area contributed by atoms with Gasteiger partial charge in [-0.1, -0.05) is 19.3 Å². The third-order valence-electron chi connectivity index (χ3n) is 5.05. The van der Waals surface area contributed by atoms with Crippen LogP contribution >= 0.6 is 0 Å². The number of aromatic nitrogens is 2. The van der Waals surface area contributed by atoms with E-state index in [0.29, 0.717) is 0 Å². The molecule has 2 fully saturated rings. The van der Waals surface area contributed by atoms with Crippen LogP contribution in [0.25, 0.3) is 0 Å². The largest absolute Gasteiger partial charge is 0.337 e. The first kappa shape index (κ1) is 17.9. The van der Waals surface area contributed by atoms with Crippen LogP contribution in [0.2, 0.25) is 0 Å². The fourth-order valence-corrected chi connectivity index (χ4v) is 3.71. The van der Waals surface area contributed by atoms with Crippen LogP contribution in [-0.4, -0.2) is 58.6 Å². The van der Waals surface area contributed by atoms with E-state index < -0.39 is 0 Å². The summed E-state index contributed by atoms with van der Waals surface area (Å²) in [6, 6.07) is -0.150. The van der Waals surface area contributed by atoms with Crippen LogP contribution in [0.15, 0.2) is 12.4 Å². The first-order chi connectivity index (χ1) is 12.1. The average Bonchev–Trinajstić information content (AvgIpc) is 3.02. The molecule has 25 heavy (non-hydrogen) atoms. The third kappa shape index (κ3) is 4.79. The lowest BCUT2D eigenvalue weighted by molar-refractivity contribution is -0.122. The fourth-order valence-electron chi connectivity index (χ4n) is 3.71. The summed E-state index contributed by atoms with van der Waals surface area (Å²) in [6.45, 7) is 2.50. The number of hydrogen-bond acceptors (Lipinski definition) is 5. The maximum absolute atomic E-state index is 12.3. The molecule has 0 spiro atoms. The number of carbonyl (C=O) groups excluding carboxylic acids is 2. The second-order valence-electron chi connectivity index (χ2n) is 6.94. The van der Waals surface area contributed by atoms with Gasteiger partial charge >= 0.3 is 6.03 Å². The van der Waals surface area contributed by atoms with E-state index in [4.69, 9.17) is 0 Å². The second kappa shape index (κ2) is 8.44. The van der Waals surface area contributed by atoms with Crippen molar-refractivity contribution in [3.05, 3.63) is 18.2 Å². The van der Waals surface area contributed by atoms with E-state index in [1.807, 2.05) is 17.8 Å². The van der Waals surface area contributed by atoms with E-state index in [2.05, 4.69) is 25.8 Å². The lowest BCUT2D eigenvalue weighted by Gasteiger charge is -2.35. The van der Waals surface area contributed by atoms with Crippen LogP contribution in [0.4, 0.5) is 4.79 Å². The molecule has 2 aliphatic rings. The van der Waals surface area contributed by atoms with Crippen molar-refractivity contribution < 1.29 is 9.59 Å². The minimum atomic E-state index is -0.374. The maximum atomic E-state index is 12.3. The molecular formula is C17H28N6O2. The first-order valence-corrected chi connectivity index (χ1v) is 9.16. The number of hydrogen-bond donors (Lipinski definition) is 3. The third-order valence-corrected chi connectivity index (χ3v) is 5.05. The second-order valence-corrected chi connectivity index (χ2v) is 6.94. The van der Waals surface area contributed by atoms with Crippen molar-refractivity contribution in [3.63, 3.8) is 0 Å². The Kier molecular flexibility index (Phi) is 6.04. The Bertz CT molecular complexity index is 596. The van der Waals surface area contributed by atoms with Gasteiger partial charge in [-0.05, 0) is 12.8 Å². The highest BCUT2D eigenvalue weighted by Gasteiger charge is 2.28. The number of carbonyl (C=O) groups is 2.